The van der Waals surface area contributed by atoms with Crippen LogP contribution in [-0.4, -0.2) is 18.3 Å². The van der Waals surface area contributed by atoms with Crippen molar-refractivity contribution in [2.75, 3.05) is 18.5 Å². The van der Waals surface area contributed by atoms with Gasteiger partial charge in [0.05, 0.1) is 0 Å². The molecule has 0 aromatic heterocycles. The topological polar surface area (TPSA) is 32.3 Å². The van der Waals surface area contributed by atoms with Crippen molar-refractivity contribution in [3.8, 4) is 0 Å². The number of hydrogen-bond acceptors (Lipinski definition) is 2. The molecule has 0 atom stereocenters. The highest BCUT2D eigenvalue weighted by atomic mass is 16.3. The van der Waals surface area contributed by atoms with E-state index in [1.165, 1.54) is 17.7 Å². The van der Waals surface area contributed by atoms with Gasteiger partial charge in [-0.25, -0.2) is 0 Å². The molecule has 1 aromatic carbocycles. The molecule has 0 aliphatic rings. The summed E-state index contributed by atoms with van der Waals surface area (Å²) in [5.74, 6) is 0. The van der Waals surface area contributed by atoms with Gasteiger partial charge in [-0.15, -0.1) is 0 Å². The first-order chi connectivity index (χ1) is 6.88. The van der Waals surface area contributed by atoms with Crippen LogP contribution in [0, 0.1) is 0 Å². The average molecular weight is 193 g/mol. The van der Waals surface area contributed by atoms with Crippen molar-refractivity contribution in [3.63, 3.8) is 0 Å². The lowest BCUT2D eigenvalue weighted by molar-refractivity contribution is 0.292. The molecule has 0 radical (unpaired) electrons. The molecule has 0 aliphatic carbocycles. The van der Waals surface area contributed by atoms with Crippen LogP contribution in [0.4, 0.5) is 5.69 Å². The van der Waals surface area contributed by atoms with Crippen LogP contribution in [-0.2, 0) is 6.42 Å². The maximum atomic E-state index is 8.68. The summed E-state index contributed by atoms with van der Waals surface area (Å²) in [7, 11) is 0. The lowest BCUT2D eigenvalue weighted by Gasteiger charge is -2.10. The number of para-hydroxylation sites is 1. The Hall–Kier alpha value is -1.02. The fourth-order valence-electron chi connectivity index (χ4n) is 1.48. The molecule has 0 fully saturated rings. The predicted molar refractivity (Wildman–Crippen MR) is 60.6 cm³/mol. The molecule has 14 heavy (non-hydrogen) atoms. The Kier molecular flexibility index (Phi) is 5.08. The molecule has 1 rings (SSSR count). The van der Waals surface area contributed by atoms with Gasteiger partial charge in [-0.05, 0) is 24.5 Å². The van der Waals surface area contributed by atoms with Gasteiger partial charge in [0.25, 0.3) is 0 Å². The molecule has 1 aromatic rings. The zero-order valence-corrected chi connectivity index (χ0v) is 8.79. The van der Waals surface area contributed by atoms with Crippen LogP contribution < -0.4 is 5.32 Å². The van der Waals surface area contributed by atoms with Crippen LogP contribution in [0.5, 0.6) is 0 Å². The number of aliphatic hydroxyl groups is 1. The van der Waals surface area contributed by atoms with Crippen molar-refractivity contribution in [1.82, 2.24) is 0 Å². The molecule has 2 nitrogen and oxygen atoms in total. The molecule has 2 N–H and O–H groups in total. The quantitative estimate of drug-likeness (QED) is 0.680. The lowest BCUT2D eigenvalue weighted by Crippen LogP contribution is -2.05. The number of aryl methyl sites for hydroxylation is 1. The minimum atomic E-state index is 0.253. The maximum absolute atomic E-state index is 8.68. The smallest absolute Gasteiger partial charge is 0.0447 e. The summed E-state index contributed by atoms with van der Waals surface area (Å²) in [5, 5.41) is 12.0. The first kappa shape index (κ1) is 11.1. The van der Waals surface area contributed by atoms with Crippen LogP contribution in [0.2, 0.25) is 0 Å². The summed E-state index contributed by atoms with van der Waals surface area (Å²) in [6.45, 7) is 3.28. The Bertz CT molecular complexity index is 260. The van der Waals surface area contributed by atoms with E-state index in [-0.39, 0.29) is 6.61 Å². The monoisotopic (exact) mass is 193 g/mol. The molecule has 0 saturated carbocycles. The second-order valence-electron chi connectivity index (χ2n) is 3.41. The summed E-state index contributed by atoms with van der Waals surface area (Å²) in [6, 6.07) is 8.37. The largest absolute Gasteiger partial charge is 0.396 e. The normalized spacial score (nSPS) is 10.1. The Morgan fingerprint density at radius 2 is 2.07 bits per heavy atom. The number of anilines is 1. The fraction of sp³-hybridized carbons (Fsp3) is 0.500. The highest BCUT2D eigenvalue weighted by Crippen LogP contribution is 2.16. The Balaban J connectivity index is 2.55. The van der Waals surface area contributed by atoms with E-state index in [0.29, 0.717) is 0 Å². The number of nitrogens with one attached hydrogen (secondary N) is 1. The van der Waals surface area contributed by atoms with E-state index in [1.807, 2.05) is 6.07 Å². The molecule has 0 spiro atoms. The molecule has 0 amide bonds. The third-order valence-corrected chi connectivity index (χ3v) is 2.19. The number of hydrogen-bond donors (Lipinski definition) is 2. The molecular formula is C12H19NO. The lowest BCUT2D eigenvalue weighted by atomic mass is 10.1. The third-order valence-electron chi connectivity index (χ3n) is 2.19. The molecule has 0 unspecified atom stereocenters. The van der Waals surface area contributed by atoms with Gasteiger partial charge in [-0.3, -0.25) is 0 Å². The predicted octanol–water partition coefficient (Wildman–Crippen LogP) is 2.43. The van der Waals surface area contributed by atoms with E-state index in [4.69, 9.17) is 5.11 Å². The number of benzene rings is 1. The van der Waals surface area contributed by atoms with Gasteiger partial charge < -0.3 is 10.4 Å². The standard InChI is InChI=1S/C12H19NO/c1-2-6-11-7-3-4-8-12(11)13-9-5-10-14/h3-4,7-8,13-14H,2,5-6,9-10H2,1H3. The zero-order valence-electron chi connectivity index (χ0n) is 8.79. The van der Waals surface area contributed by atoms with Gasteiger partial charge in [0.15, 0.2) is 0 Å². The second-order valence-corrected chi connectivity index (χ2v) is 3.41. The van der Waals surface area contributed by atoms with E-state index >= 15 is 0 Å². The van der Waals surface area contributed by atoms with Gasteiger partial charge in [0.1, 0.15) is 0 Å². The SMILES string of the molecule is CCCc1ccccc1NCCCO. The van der Waals surface area contributed by atoms with Crippen LogP contribution in [0.3, 0.4) is 0 Å². The van der Waals surface area contributed by atoms with Gasteiger partial charge >= 0.3 is 0 Å². The van der Waals surface area contributed by atoms with E-state index < -0.39 is 0 Å². The Morgan fingerprint density at radius 1 is 1.29 bits per heavy atom. The fourth-order valence-corrected chi connectivity index (χ4v) is 1.48. The van der Waals surface area contributed by atoms with E-state index in [1.54, 1.807) is 0 Å². The van der Waals surface area contributed by atoms with Crippen LogP contribution >= 0.6 is 0 Å². The average Bonchev–Trinajstić information content (AvgIpc) is 2.21. The molecule has 0 bridgehead atoms. The zero-order chi connectivity index (χ0) is 10.2. The van der Waals surface area contributed by atoms with Crippen molar-refractivity contribution in [2.45, 2.75) is 26.2 Å². The number of aliphatic hydroxyl groups excluding tert-OH is 1. The van der Waals surface area contributed by atoms with E-state index in [0.717, 1.165) is 19.4 Å². The summed E-state index contributed by atoms with van der Waals surface area (Å²) in [4.78, 5) is 0. The van der Waals surface area contributed by atoms with Crippen molar-refractivity contribution in [2.24, 2.45) is 0 Å². The van der Waals surface area contributed by atoms with Gasteiger partial charge in [0.2, 0.25) is 0 Å². The van der Waals surface area contributed by atoms with Crippen molar-refractivity contribution in [1.29, 1.82) is 0 Å². The molecule has 0 saturated heterocycles. The minimum Gasteiger partial charge on any atom is -0.396 e. The summed E-state index contributed by atoms with van der Waals surface area (Å²) in [5.41, 5.74) is 2.58. The van der Waals surface area contributed by atoms with Gasteiger partial charge in [0, 0.05) is 18.8 Å². The maximum Gasteiger partial charge on any atom is 0.0447 e. The summed E-state index contributed by atoms with van der Waals surface area (Å²) >= 11 is 0. The van der Waals surface area contributed by atoms with E-state index in [2.05, 4.69) is 30.4 Å². The van der Waals surface area contributed by atoms with Crippen LogP contribution in [0.1, 0.15) is 25.3 Å². The number of rotatable bonds is 6. The van der Waals surface area contributed by atoms with Crippen LogP contribution in [0.25, 0.3) is 0 Å². The highest BCUT2D eigenvalue weighted by Gasteiger charge is 1.98. The molecule has 2 heteroatoms. The third kappa shape index (κ3) is 3.38. The first-order valence-corrected chi connectivity index (χ1v) is 5.31. The Labute approximate surface area is 86.0 Å². The van der Waals surface area contributed by atoms with Crippen molar-refractivity contribution >= 4 is 5.69 Å². The second kappa shape index (κ2) is 6.44. The molecule has 78 valence electrons. The molecule has 0 aliphatic heterocycles. The van der Waals surface area contributed by atoms with Crippen LogP contribution in [0.15, 0.2) is 24.3 Å². The van der Waals surface area contributed by atoms with E-state index in [9.17, 15) is 0 Å². The van der Waals surface area contributed by atoms with Crippen molar-refractivity contribution < 1.29 is 5.11 Å². The summed E-state index contributed by atoms with van der Waals surface area (Å²) in [6.07, 6.45) is 3.08. The minimum absolute atomic E-state index is 0.253. The molecule has 0 heterocycles. The van der Waals surface area contributed by atoms with Crippen molar-refractivity contribution in [3.05, 3.63) is 29.8 Å². The van der Waals surface area contributed by atoms with Gasteiger partial charge in [-0.2, -0.15) is 0 Å². The molecular weight excluding hydrogens is 174 g/mol. The summed E-state index contributed by atoms with van der Waals surface area (Å²) < 4.78 is 0. The Morgan fingerprint density at radius 3 is 2.79 bits per heavy atom. The highest BCUT2D eigenvalue weighted by molar-refractivity contribution is 5.51. The van der Waals surface area contributed by atoms with Gasteiger partial charge in [-0.1, -0.05) is 31.5 Å². The first-order valence-electron chi connectivity index (χ1n) is 5.31.